The van der Waals surface area contributed by atoms with Crippen LogP contribution in [0.3, 0.4) is 0 Å². The molecule has 1 aliphatic heterocycles. The molecule has 0 spiro atoms. The van der Waals surface area contributed by atoms with Gasteiger partial charge in [-0.1, -0.05) is 13.8 Å². The number of pyridine rings is 2. The van der Waals surface area contributed by atoms with Gasteiger partial charge in [-0.15, -0.1) is 0 Å². The molecule has 1 aliphatic rings. The molecule has 2 amide bonds. The average Bonchev–Trinajstić information content (AvgIpc) is 2.81. The van der Waals surface area contributed by atoms with Gasteiger partial charge in [0.15, 0.2) is 23.3 Å². The number of carboxylic acid groups (broad SMARTS) is 1. The number of amides is 2. The predicted molar refractivity (Wildman–Crippen MR) is 131 cm³/mol. The van der Waals surface area contributed by atoms with Gasteiger partial charge in [-0.3, -0.25) is 4.79 Å². The lowest BCUT2D eigenvalue weighted by molar-refractivity contribution is 0.1000. The second kappa shape index (κ2) is 11.8. The lowest BCUT2D eigenvalue weighted by atomic mass is 9.98. The molecule has 0 aromatic carbocycles. The Bertz CT molecular complexity index is 1100. The van der Waals surface area contributed by atoms with Crippen LogP contribution in [-0.4, -0.2) is 65.5 Å². The maximum atomic E-state index is 15.3. The SMILES string of the molecule is CC(C)C[C@@H](Nc1nc(Nc2ccnc(N3CCOCC3)c2F)c(C(N)=O)cc1F)[C@H](C)NC(=O)O. The van der Waals surface area contributed by atoms with Gasteiger partial charge in [0, 0.05) is 31.4 Å². The predicted octanol–water partition coefficient (Wildman–Crippen LogP) is 2.92. The first-order valence-corrected chi connectivity index (χ1v) is 11.6. The number of hydrogen-bond acceptors (Lipinski definition) is 8. The van der Waals surface area contributed by atoms with Crippen molar-refractivity contribution in [1.82, 2.24) is 15.3 Å². The minimum Gasteiger partial charge on any atom is -0.465 e. The third kappa shape index (κ3) is 6.68. The summed E-state index contributed by atoms with van der Waals surface area (Å²) < 4.78 is 35.6. The molecule has 3 heterocycles. The van der Waals surface area contributed by atoms with Crippen molar-refractivity contribution in [3.8, 4) is 0 Å². The second-order valence-electron chi connectivity index (χ2n) is 8.92. The van der Waals surface area contributed by atoms with Crippen LogP contribution >= 0.6 is 0 Å². The number of nitrogens with two attached hydrogens (primary N) is 1. The van der Waals surface area contributed by atoms with Gasteiger partial charge in [-0.2, -0.15) is 0 Å². The van der Waals surface area contributed by atoms with E-state index in [4.69, 9.17) is 15.6 Å². The van der Waals surface area contributed by atoms with Crippen LogP contribution in [0.25, 0.3) is 0 Å². The van der Waals surface area contributed by atoms with Gasteiger partial charge in [0.1, 0.15) is 5.82 Å². The van der Waals surface area contributed by atoms with Crippen molar-refractivity contribution in [1.29, 1.82) is 0 Å². The van der Waals surface area contributed by atoms with Crippen molar-refractivity contribution >= 4 is 35.1 Å². The number of halogens is 2. The summed E-state index contributed by atoms with van der Waals surface area (Å²) in [4.78, 5) is 33.2. The number of hydrogen-bond donors (Lipinski definition) is 5. The molecule has 2 aromatic heterocycles. The maximum absolute atomic E-state index is 15.3. The first-order chi connectivity index (χ1) is 17.1. The standard InChI is InChI=1S/C23H31F2N7O4/c1-12(2)10-17(13(3)28-23(34)35)30-21-15(24)11-14(19(26)33)20(31-21)29-16-4-5-27-22(18(16)25)32-6-8-36-9-7-32/h4-5,11-13,17,28H,6-10H2,1-3H3,(H2,26,33)(H,34,35)(H2,27,29,30,31)/t13-,17+/m0/s1. The van der Waals surface area contributed by atoms with Crippen molar-refractivity contribution in [3.63, 3.8) is 0 Å². The Hall–Kier alpha value is -3.74. The van der Waals surface area contributed by atoms with Crippen LogP contribution in [0.4, 0.5) is 36.7 Å². The smallest absolute Gasteiger partial charge is 0.404 e. The normalized spacial score (nSPS) is 15.3. The van der Waals surface area contributed by atoms with Gasteiger partial charge in [-0.05, 0) is 31.4 Å². The van der Waals surface area contributed by atoms with E-state index in [9.17, 15) is 14.0 Å². The van der Waals surface area contributed by atoms with Crippen LogP contribution in [0, 0.1) is 17.6 Å². The first-order valence-electron chi connectivity index (χ1n) is 11.6. The van der Waals surface area contributed by atoms with E-state index in [1.807, 2.05) is 13.8 Å². The number of anilines is 4. The van der Waals surface area contributed by atoms with Gasteiger partial charge in [0.25, 0.3) is 5.91 Å². The molecule has 196 valence electrons. The van der Waals surface area contributed by atoms with E-state index in [1.165, 1.54) is 12.3 Å². The van der Waals surface area contributed by atoms with Crippen LogP contribution < -0.4 is 26.6 Å². The Labute approximate surface area is 207 Å². The lowest BCUT2D eigenvalue weighted by Crippen LogP contribution is -2.45. The number of carbonyl (C=O) groups is 2. The molecule has 1 saturated heterocycles. The Morgan fingerprint density at radius 2 is 1.92 bits per heavy atom. The highest BCUT2D eigenvalue weighted by atomic mass is 19.1. The van der Waals surface area contributed by atoms with E-state index >= 15 is 4.39 Å². The van der Waals surface area contributed by atoms with Crippen LogP contribution in [-0.2, 0) is 4.74 Å². The first kappa shape index (κ1) is 26.9. The quantitative estimate of drug-likeness (QED) is 0.326. The highest BCUT2D eigenvalue weighted by molar-refractivity contribution is 5.98. The number of rotatable bonds is 10. The van der Waals surface area contributed by atoms with Crippen molar-refractivity contribution in [2.75, 3.05) is 41.8 Å². The zero-order chi connectivity index (χ0) is 26.4. The van der Waals surface area contributed by atoms with E-state index in [-0.39, 0.29) is 34.6 Å². The zero-order valence-corrected chi connectivity index (χ0v) is 20.3. The zero-order valence-electron chi connectivity index (χ0n) is 20.3. The maximum Gasteiger partial charge on any atom is 0.404 e. The molecule has 1 fully saturated rings. The fourth-order valence-electron chi connectivity index (χ4n) is 3.89. The molecule has 0 aliphatic carbocycles. The average molecular weight is 508 g/mol. The molecule has 6 N–H and O–H groups in total. The number of nitrogens with zero attached hydrogens (tertiary/aromatic N) is 3. The van der Waals surface area contributed by atoms with Gasteiger partial charge in [0.2, 0.25) is 0 Å². The van der Waals surface area contributed by atoms with Gasteiger partial charge >= 0.3 is 6.09 Å². The summed E-state index contributed by atoms with van der Waals surface area (Å²) in [6.45, 7) is 7.31. The third-order valence-corrected chi connectivity index (χ3v) is 5.68. The molecule has 2 aromatic rings. The van der Waals surface area contributed by atoms with Crippen LogP contribution in [0.5, 0.6) is 0 Å². The highest BCUT2D eigenvalue weighted by Gasteiger charge is 2.25. The topological polar surface area (TPSA) is 155 Å². The molecule has 3 rings (SSSR count). The van der Waals surface area contributed by atoms with Gasteiger partial charge in [0.05, 0.1) is 24.5 Å². The fourth-order valence-corrected chi connectivity index (χ4v) is 3.89. The molecule has 13 heteroatoms. The third-order valence-electron chi connectivity index (χ3n) is 5.68. The molecular weight excluding hydrogens is 476 g/mol. The van der Waals surface area contributed by atoms with E-state index in [2.05, 4.69) is 25.9 Å². The lowest BCUT2D eigenvalue weighted by Gasteiger charge is -2.28. The largest absolute Gasteiger partial charge is 0.465 e. The summed E-state index contributed by atoms with van der Waals surface area (Å²) in [5.41, 5.74) is 5.13. The molecule has 0 bridgehead atoms. The molecule has 11 nitrogen and oxygen atoms in total. The van der Waals surface area contributed by atoms with Crippen molar-refractivity contribution in [2.24, 2.45) is 11.7 Å². The second-order valence-corrected chi connectivity index (χ2v) is 8.92. The van der Waals surface area contributed by atoms with E-state index < -0.39 is 35.7 Å². The summed E-state index contributed by atoms with van der Waals surface area (Å²) in [5, 5.41) is 17.1. The van der Waals surface area contributed by atoms with Gasteiger partial charge in [-0.25, -0.2) is 23.5 Å². The Balaban J connectivity index is 1.95. The molecule has 36 heavy (non-hydrogen) atoms. The minimum absolute atomic E-state index is 0.0290. The van der Waals surface area contributed by atoms with Crippen molar-refractivity contribution in [2.45, 2.75) is 39.3 Å². The number of primary amides is 1. The number of carbonyl (C=O) groups excluding carboxylic acids is 1. The number of aromatic nitrogens is 2. The highest BCUT2D eigenvalue weighted by Crippen LogP contribution is 2.29. The van der Waals surface area contributed by atoms with Crippen LogP contribution in [0.2, 0.25) is 0 Å². The Morgan fingerprint density at radius 1 is 1.22 bits per heavy atom. The Morgan fingerprint density at radius 3 is 2.53 bits per heavy atom. The number of ether oxygens (including phenoxy) is 1. The summed E-state index contributed by atoms with van der Waals surface area (Å²) in [7, 11) is 0. The fraction of sp³-hybridized carbons (Fsp3) is 0.478. The Kier molecular flexibility index (Phi) is 8.80. The number of morpholine rings is 1. The monoisotopic (exact) mass is 507 g/mol. The van der Waals surface area contributed by atoms with Crippen LogP contribution in [0.15, 0.2) is 18.3 Å². The van der Waals surface area contributed by atoms with Crippen molar-refractivity contribution in [3.05, 3.63) is 35.5 Å². The molecule has 0 saturated carbocycles. The van der Waals surface area contributed by atoms with E-state index in [0.29, 0.717) is 32.7 Å². The van der Waals surface area contributed by atoms with E-state index in [1.54, 1.807) is 11.8 Å². The van der Waals surface area contributed by atoms with Crippen molar-refractivity contribution < 1.29 is 28.2 Å². The van der Waals surface area contributed by atoms with E-state index in [0.717, 1.165) is 6.07 Å². The summed E-state index contributed by atoms with van der Waals surface area (Å²) in [5.74, 6) is -2.65. The number of nitrogens with one attached hydrogen (secondary N) is 3. The summed E-state index contributed by atoms with van der Waals surface area (Å²) in [6.07, 6.45) is 0.674. The van der Waals surface area contributed by atoms with Crippen LogP contribution in [0.1, 0.15) is 37.6 Å². The molecular formula is C23H31F2N7O4. The van der Waals surface area contributed by atoms with Gasteiger partial charge < -0.3 is 36.4 Å². The minimum atomic E-state index is -1.22. The summed E-state index contributed by atoms with van der Waals surface area (Å²) >= 11 is 0. The molecule has 2 atom stereocenters. The molecule has 0 radical (unpaired) electrons. The molecule has 0 unspecified atom stereocenters. The summed E-state index contributed by atoms with van der Waals surface area (Å²) in [6, 6.07) is 1.15.